The number of rotatable bonds is 26. The zero-order valence-corrected chi connectivity index (χ0v) is 54.4. The van der Waals surface area contributed by atoms with Crippen molar-refractivity contribution in [1.82, 2.24) is 38.7 Å². The van der Waals surface area contributed by atoms with E-state index in [0.29, 0.717) is 63.7 Å². The molecule has 0 saturated heterocycles. The van der Waals surface area contributed by atoms with Gasteiger partial charge < -0.3 is 28.7 Å². The highest BCUT2D eigenvalue weighted by Crippen LogP contribution is 2.35. The van der Waals surface area contributed by atoms with Crippen LogP contribution in [0, 0.1) is 25.5 Å². The van der Waals surface area contributed by atoms with Gasteiger partial charge in [0.05, 0.1) is 27.6 Å². The zero-order valence-electron chi connectivity index (χ0n) is 74.8. The molecule has 6 aromatic carbocycles. The maximum atomic E-state index is 15.0. The molecule has 22 heteroatoms. The summed E-state index contributed by atoms with van der Waals surface area (Å²) in [5.41, 5.74) is -9.74. The third-order valence-corrected chi connectivity index (χ3v) is 17.2. The Morgan fingerprint density at radius 1 is 0.552 bits per heavy atom. The molecule has 0 N–H and O–H groups in total. The predicted molar refractivity (Wildman–Crippen MR) is 363 cm³/mol. The maximum Gasteiger partial charge on any atom is 0.416 e. The van der Waals surface area contributed by atoms with Gasteiger partial charge in [-0.1, -0.05) is 136 Å². The SMILES string of the molecule is [2H]c1c([2H])c(-c2ccc(C(F)(F)F)cc2)c([2H])c(C)c1CN(CCN(CC)CC)C(=O)C([2H])([2H])n1c(SC([2H])([2H])c2ccc(F)cc2)nc(=O)c2c1CCC2.[2H]c1c([2H])c(C([2H])([2H])N(C(=O)Cn2c(SC([2H])([2H])c3ccc(F)cc3)nc(=O)c3c2CCC3)C([2H])([2H])C([2H])([2H])N(C([2H])([2H])C)C([2H])([2H])C)c(C)c([2H])c1-c1ccc(C(F)(F)F)cc1. The van der Waals surface area contributed by atoms with Crippen molar-refractivity contribution in [3.05, 3.63) is 233 Å². The van der Waals surface area contributed by atoms with Crippen molar-refractivity contribution in [3.63, 3.8) is 0 Å². The number of nitrogens with zero attached hydrogens (tertiary/aromatic N) is 8. The number of thioether (sulfide) groups is 2. The van der Waals surface area contributed by atoms with Gasteiger partial charge in [-0.25, -0.2) is 8.78 Å². The molecule has 0 unspecified atom stereocenters. The molecule has 0 aliphatic heterocycles. The molecule has 0 spiro atoms. The summed E-state index contributed by atoms with van der Waals surface area (Å²) < 4.78 is 305. The molecule has 2 amide bonds. The van der Waals surface area contributed by atoms with Crippen LogP contribution in [0.4, 0.5) is 35.1 Å². The summed E-state index contributed by atoms with van der Waals surface area (Å²) in [7, 11) is 0. The lowest BCUT2D eigenvalue weighted by atomic mass is 9.98. The highest BCUT2D eigenvalue weighted by molar-refractivity contribution is 7.98. The largest absolute Gasteiger partial charge is 0.416 e. The van der Waals surface area contributed by atoms with E-state index in [9.17, 15) is 57.7 Å². The van der Waals surface area contributed by atoms with Crippen LogP contribution in [0.2, 0.25) is 0 Å². The van der Waals surface area contributed by atoms with E-state index in [1.54, 1.807) is 0 Å². The molecule has 2 heterocycles. The number of alkyl halides is 6. The van der Waals surface area contributed by atoms with Crippen LogP contribution in [-0.4, -0.2) is 103 Å². The van der Waals surface area contributed by atoms with E-state index in [4.69, 9.17) is 21.9 Å². The van der Waals surface area contributed by atoms with Gasteiger partial charge in [-0.3, -0.25) is 19.2 Å². The Labute approximate surface area is 594 Å². The Balaban J connectivity index is 0.000000271. The summed E-state index contributed by atoms with van der Waals surface area (Å²) >= 11 is 0.695. The Morgan fingerprint density at radius 3 is 1.48 bits per heavy atom. The molecule has 0 saturated carbocycles. The lowest BCUT2D eigenvalue weighted by molar-refractivity contribution is -0.138. The van der Waals surface area contributed by atoms with Crippen molar-refractivity contribution in [2.75, 3.05) is 52.2 Å². The van der Waals surface area contributed by atoms with Gasteiger partial charge in [-0.15, -0.1) is 0 Å². The van der Waals surface area contributed by atoms with Crippen LogP contribution >= 0.6 is 23.5 Å². The minimum atomic E-state index is -4.76. The first kappa shape index (κ1) is 47.9. The fourth-order valence-electron chi connectivity index (χ4n) is 10.2. The first-order valence-electron chi connectivity index (χ1n) is 41.2. The van der Waals surface area contributed by atoms with Crippen molar-refractivity contribution in [2.24, 2.45) is 0 Å². The van der Waals surface area contributed by atoms with E-state index in [1.165, 1.54) is 19.1 Å². The van der Waals surface area contributed by atoms with Crippen LogP contribution in [0.25, 0.3) is 22.3 Å². The predicted octanol–water partition coefficient (Wildman–Crippen LogP) is 15.1. The van der Waals surface area contributed by atoms with Gasteiger partial charge in [0.15, 0.2) is 10.3 Å². The first-order chi connectivity index (χ1) is 54.3. The lowest BCUT2D eigenvalue weighted by Crippen LogP contribution is -2.40. The molecule has 0 atom stereocenters. The Hall–Kier alpha value is -7.92. The van der Waals surface area contributed by atoms with Crippen molar-refractivity contribution in [2.45, 2.75) is 140 Å². The van der Waals surface area contributed by atoms with E-state index < -0.39 is 173 Å². The van der Waals surface area contributed by atoms with E-state index in [2.05, 4.69) is 9.97 Å². The number of amides is 2. The Morgan fingerprint density at radius 2 is 1.01 bits per heavy atom. The second kappa shape index (κ2) is 32.9. The summed E-state index contributed by atoms with van der Waals surface area (Å²) in [6.45, 7) is -13.7. The molecule has 2 aliphatic carbocycles. The average Bonchev–Trinajstić information content (AvgIpc) is 0.857. The molecule has 508 valence electrons. The van der Waals surface area contributed by atoms with E-state index in [-0.39, 0.29) is 134 Å². The summed E-state index contributed by atoms with van der Waals surface area (Å²) in [6.07, 6.45) is -7.88. The fraction of sp³-hybridized carbons (Fsp3) is 0.378. The minimum Gasteiger partial charge on any atom is -0.336 e. The van der Waals surface area contributed by atoms with Crippen LogP contribution in [0.1, 0.15) is 138 Å². The highest BCUT2D eigenvalue weighted by atomic mass is 32.2. The topological polar surface area (TPSA) is 117 Å². The molecular formula is C74H80F8N8O4S2. The van der Waals surface area contributed by atoms with Crippen molar-refractivity contribution in [3.8, 4) is 22.3 Å². The van der Waals surface area contributed by atoms with Crippen molar-refractivity contribution < 1.29 is 74.9 Å². The first-order valence-corrected chi connectivity index (χ1v) is 31.8. The molecule has 12 nitrogen and oxygen atoms in total. The number of likely N-dealkylation sites (N-methyl/N-ethyl adjacent to an activating group) is 2. The number of carbonyl (C=O) groups is 2. The van der Waals surface area contributed by atoms with E-state index >= 15 is 4.79 Å². The van der Waals surface area contributed by atoms with Gasteiger partial charge in [0, 0.05) is 86.8 Å². The molecule has 0 bridgehead atoms. The average molecular weight is 1380 g/mol. The maximum absolute atomic E-state index is 15.0. The monoisotopic (exact) mass is 1380 g/mol. The number of benzene rings is 6. The fourth-order valence-corrected chi connectivity index (χ4v) is 11.7. The molecule has 2 aliphatic rings. The zero-order chi connectivity index (χ0) is 88.4. The number of hydrogen-bond acceptors (Lipinski definition) is 10. The highest BCUT2D eigenvalue weighted by Gasteiger charge is 2.32. The van der Waals surface area contributed by atoms with Crippen LogP contribution < -0.4 is 11.1 Å². The Kier molecular flexibility index (Phi) is 16.4. The number of fused-ring (bicyclic) bond motifs is 2. The summed E-state index contributed by atoms with van der Waals surface area (Å²) in [5.74, 6) is -4.11. The molecule has 2 aromatic heterocycles. The molecule has 0 radical (unpaired) electrons. The summed E-state index contributed by atoms with van der Waals surface area (Å²) in [5, 5.41) is -0.897. The van der Waals surface area contributed by atoms with Crippen LogP contribution in [0.15, 0.2) is 153 Å². The van der Waals surface area contributed by atoms with Gasteiger partial charge in [0.25, 0.3) is 11.1 Å². The van der Waals surface area contributed by atoms with E-state index in [1.807, 2.05) is 18.7 Å². The van der Waals surface area contributed by atoms with Crippen molar-refractivity contribution in [1.29, 1.82) is 0 Å². The summed E-state index contributed by atoms with van der Waals surface area (Å²) in [4.78, 5) is 66.7. The number of aromatic nitrogens is 4. The standard InChI is InChI=1S/2C37H40F4N4O2S/c2*1-4-43(5-2)19-20-44(22-29-12-11-28(21-25(29)3)27-13-15-30(16-14-27)37(39,40)41)34(46)23-45-33-8-6-7-32(33)35(47)42-36(45)48-24-26-9-17-31(38)18-10-26/h2*9-18,21H,4-8,19-20,22-24H2,1-3H3/i4D2,5D2,11D,12D,19D2,20D2,21D,22D2,24D2;11D,12D,21D,23D2,24D2. The molecule has 0 fully saturated rings. The van der Waals surface area contributed by atoms with Gasteiger partial charge >= 0.3 is 12.4 Å². The third kappa shape index (κ3) is 18.8. The van der Waals surface area contributed by atoms with Gasteiger partial charge in [-0.05, 0) is 183 Å². The summed E-state index contributed by atoms with van der Waals surface area (Å²) in [6, 6.07) is 11.9. The van der Waals surface area contributed by atoms with E-state index in [0.717, 1.165) is 93.8 Å². The smallest absolute Gasteiger partial charge is 0.336 e. The minimum absolute atomic E-state index is 0.0172. The quantitative estimate of drug-likeness (QED) is 0.0295. The number of carbonyl (C=O) groups excluding carboxylic acids is 2. The second-order valence-corrected chi connectivity index (χ2v) is 23.3. The number of hydrogen-bond donors (Lipinski definition) is 0. The molecule has 10 rings (SSSR count). The second-order valence-electron chi connectivity index (χ2n) is 21.8. The molecule has 96 heavy (non-hydrogen) atoms. The van der Waals surface area contributed by atoms with Crippen LogP contribution in [0.5, 0.6) is 0 Å². The Bertz CT molecular complexity index is 5180. The number of halogens is 8. The van der Waals surface area contributed by atoms with Crippen LogP contribution in [-0.2, 0) is 85.1 Å². The normalized spacial score (nSPS) is 17.4. The van der Waals surface area contributed by atoms with Gasteiger partial charge in [0.1, 0.15) is 24.7 Å². The van der Waals surface area contributed by atoms with Gasteiger partial charge in [0.2, 0.25) is 11.8 Å². The third-order valence-electron chi connectivity index (χ3n) is 15.5. The van der Waals surface area contributed by atoms with Crippen molar-refractivity contribution >= 4 is 35.3 Å². The molecular weight excluding hydrogens is 1280 g/mol. The lowest BCUT2D eigenvalue weighted by Gasteiger charge is -2.28. The van der Waals surface area contributed by atoms with Gasteiger partial charge in [-0.2, -0.15) is 36.3 Å². The molecule has 8 aromatic rings. The van der Waals surface area contributed by atoms with Crippen LogP contribution in [0.3, 0.4) is 0 Å².